The fourth-order valence-corrected chi connectivity index (χ4v) is 10.1. The van der Waals surface area contributed by atoms with Crippen LogP contribution in [0, 0.1) is 0 Å². The van der Waals surface area contributed by atoms with Crippen LogP contribution in [0.25, 0.3) is 90.3 Å². The smallest absolute Gasteiger partial charge is 0.160 e. The standard InChI is InChI=1S/C62H40N6/c1-3-13-39(14-4-1)55-37-57(43-25-21-41(22-26-43)53-19-9-11-33-63-53)67-61(65-55)45-29-31-49-51(35-45)59-47-17-7-8-18-48(47)60(49)52-36-46(30-32-50(52)59)62-66-56(40-15-5-2-6-16-40)38-58(68-62)44-27-23-42(24-28-44)54-20-10-12-34-64-54/h1-38,59-60H. The minimum absolute atomic E-state index is 0.0378. The second-order valence-corrected chi connectivity index (χ2v) is 17.4. The average molecular weight is 869 g/mol. The molecule has 0 fully saturated rings. The molecule has 3 aliphatic carbocycles. The van der Waals surface area contributed by atoms with Gasteiger partial charge in [0.05, 0.1) is 34.2 Å². The van der Waals surface area contributed by atoms with Gasteiger partial charge >= 0.3 is 0 Å². The van der Waals surface area contributed by atoms with Gasteiger partial charge in [0.25, 0.3) is 0 Å². The molecule has 2 bridgehead atoms. The Bertz CT molecular complexity index is 3410. The molecule has 0 amide bonds. The molecule has 0 spiro atoms. The number of benzene rings is 7. The molecule has 3 aliphatic rings. The molecule has 6 nitrogen and oxygen atoms in total. The molecule has 0 N–H and O–H groups in total. The highest BCUT2D eigenvalue weighted by Gasteiger charge is 2.41. The first-order valence-electron chi connectivity index (χ1n) is 23.0. The number of nitrogens with zero attached hydrogens (tertiary/aromatic N) is 6. The van der Waals surface area contributed by atoms with Gasteiger partial charge in [-0.1, -0.05) is 170 Å². The maximum Gasteiger partial charge on any atom is 0.160 e. The zero-order valence-electron chi connectivity index (χ0n) is 36.8. The van der Waals surface area contributed by atoms with E-state index in [0.29, 0.717) is 11.6 Å². The Morgan fingerprint density at radius 2 is 0.529 bits per heavy atom. The third-order valence-corrected chi connectivity index (χ3v) is 13.4. The molecule has 4 heterocycles. The first-order chi connectivity index (χ1) is 33.7. The Morgan fingerprint density at radius 1 is 0.221 bits per heavy atom. The lowest BCUT2D eigenvalue weighted by Crippen LogP contribution is -2.27. The average Bonchev–Trinajstić information content (AvgIpc) is 3.43. The van der Waals surface area contributed by atoms with Crippen molar-refractivity contribution in [2.45, 2.75) is 11.8 Å². The Kier molecular flexibility index (Phi) is 9.53. The van der Waals surface area contributed by atoms with Crippen LogP contribution in [0.3, 0.4) is 0 Å². The van der Waals surface area contributed by atoms with Gasteiger partial charge in [-0.05, 0) is 81.9 Å². The van der Waals surface area contributed by atoms with E-state index in [1.165, 1.54) is 33.4 Å². The van der Waals surface area contributed by atoms with E-state index < -0.39 is 0 Å². The van der Waals surface area contributed by atoms with Crippen LogP contribution in [0.2, 0.25) is 0 Å². The first-order valence-corrected chi connectivity index (χ1v) is 23.0. The number of aromatic nitrogens is 6. The summed E-state index contributed by atoms with van der Waals surface area (Å²) in [6.45, 7) is 0. The van der Waals surface area contributed by atoms with Crippen molar-refractivity contribution in [3.05, 3.63) is 264 Å². The van der Waals surface area contributed by atoms with E-state index in [1.807, 2.05) is 60.9 Å². The van der Waals surface area contributed by atoms with Crippen molar-refractivity contribution >= 4 is 0 Å². The third-order valence-electron chi connectivity index (χ3n) is 13.4. The van der Waals surface area contributed by atoms with Crippen molar-refractivity contribution in [1.29, 1.82) is 0 Å². The minimum atomic E-state index is 0.0378. The summed E-state index contributed by atoms with van der Waals surface area (Å²) in [6, 6.07) is 76.6. The van der Waals surface area contributed by atoms with Gasteiger partial charge in [0.15, 0.2) is 11.6 Å². The molecule has 14 rings (SSSR count). The summed E-state index contributed by atoms with van der Waals surface area (Å²) in [5.41, 5.74) is 21.5. The van der Waals surface area contributed by atoms with Gasteiger partial charge < -0.3 is 0 Å². The number of pyridine rings is 2. The lowest BCUT2D eigenvalue weighted by Gasteiger charge is -2.42. The second kappa shape index (κ2) is 16.5. The lowest BCUT2D eigenvalue weighted by atomic mass is 9.61. The van der Waals surface area contributed by atoms with Crippen LogP contribution in [0.5, 0.6) is 0 Å². The maximum atomic E-state index is 5.28. The normalized spacial score (nSPS) is 14.2. The van der Waals surface area contributed by atoms with E-state index in [2.05, 4.69) is 180 Å². The fraction of sp³-hybridized carbons (Fsp3) is 0.0323. The van der Waals surface area contributed by atoms with Gasteiger partial charge in [0.2, 0.25) is 0 Å². The summed E-state index contributed by atoms with van der Waals surface area (Å²) in [5.74, 6) is 1.47. The largest absolute Gasteiger partial charge is 0.256 e. The van der Waals surface area contributed by atoms with Gasteiger partial charge in [-0.25, -0.2) is 19.9 Å². The molecule has 2 atom stereocenters. The molecule has 0 aliphatic heterocycles. The van der Waals surface area contributed by atoms with Crippen LogP contribution in [0.15, 0.2) is 231 Å². The molecule has 318 valence electrons. The van der Waals surface area contributed by atoms with Crippen molar-refractivity contribution in [2.24, 2.45) is 0 Å². The zero-order valence-corrected chi connectivity index (χ0v) is 36.8. The van der Waals surface area contributed by atoms with E-state index in [9.17, 15) is 0 Å². The number of rotatable bonds is 8. The van der Waals surface area contributed by atoms with Gasteiger partial charge in [0, 0.05) is 68.7 Å². The van der Waals surface area contributed by atoms with Crippen LogP contribution in [0.4, 0.5) is 0 Å². The third kappa shape index (κ3) is 6.98. The lowest BCUT2D eigenvalue weighted by molar-refractivity contribution is 0.754. The van der Waals surface area contributed by atoms with Crippen molar-refractivity contribution in [1.82, 2.24) is 29.9 Å². The molecule has 68 heavy (non-hydrogen) atoms. The Morgan fingerprint density at radius 3 is 0.897 bits per heavy atom. The summed E-state index contributed by atoms with van der Waals surface area (Å²) in [7, 11) is 0. The number of hydrogen-bond donors (Lipinski definition) is 0. The molecular formula is C62H40N6. The predicted molar refractivity (Wildman–Crippen MR) is 271 cm³/mol. The van der Waals surface area contributed by atoms with Gasteiger partial charge in [0.1, 0.15) is 0 Å². The highest BCUT2D eigenvalue weighted by molar-refractivity contribution is 5.78. The molecular weight excluding hydrogens is 829 g/mol. The Balaban J connectivity index is 0.902. The summed E-state index contributed by atoms with van der Waals surface area (Å²) < 4.78 is 0. The summed E-state index contributed by atoms with van der Waals surface area (Å²) >= 11 is 0. The molecule has 6 heteroatoms. The Labute approximate surface area is 394 Å². The minimum Gasteiger partial charge on any atom is -0.256 e. The molecule has 0 saturated heterocycles. The monoisotopic (exact) mass is 868 g/mol. The van der Waals surface area contributed by atoms with Crippen LogP contribution in [-0.2, 0) is 0 Å². The van der Waals surface area contributed by atoms with E-state index >= 15 is 0 Å². The summed E-state index contributed by atoms with van der Waals surface area (Å²) in [5, 5.41) is 0. The molecule has 2 unspecified atom stereocenters. The molecule has 0 radical (unpaired) electrons. The first kappa shape index (κ1) is 39.4. The maximum absolute atomic E-state index is 5.28. The highest BCUT2D eigenvalue weighted by atomic mass is 14.9. The SMILES string of the molecule is c1ccc(-c2cc(-c3ccc(-c4ccccn4)cc3)nc(-c3ccc4c(c3)C3c5ccccc5C4c4cc(-c5nc(-c6ccccc6)cc(-c6ccc(-c7ccccn7)cc6)n5)ccc43)n2)cc1. The molecule has 7 aromatic carbocycles. The van der Waals surface area contributed by atoms with E-state index in [0.717, 1.165) is 78.7 Å². The van der Waals surface area contributed by atoms with Crippen LogP contribution >= 0.6 is 0 Å². The van der Waals surface area contributed by atoms with Crippen LogP contribution in [0.1, 0.15) is 45.2 Å². The van der Waals surface area contributed by atoms with Gasteiger partial charge in [-0.15, -0.1) is 0 Å². The van der Waals surface area contributed by atoms with Gasteiger partial charge in [-0.2, -0.15) is 0 Å². The van der Waals surface area contributed by atoms with Gasteiger partial charge in [-0.3, -0.25) is 9.97 Å². The summed E-state index contributed by atoms with van der Waals surface area (Å²) in [4.78, 5) is 30.2. The highest BCUT2D eigenvalue weighted by Crippen LogP contribution is 2.56. The van der Waals surface area contributed by atoms with Crippen molar-refractivity contribution in [3.8, 4) is 90.3 Å². The summed E-state index contributed by atoms with van der Waals surface area (Å²) in [6.07, 6.45) is 3.65. The fourth-order valence-electron chi connectivity index (χ4n) is 10.1. The number of hydrogen-bond acceptors (Lipinski definition) is 6. The predicted octanol–water partition coefficient (Wildman–Crippen LogP) is 14.4. The van der Waals surface area contributed by atoms with E-state index in [4.69, 9.17) is 19.9 Å². The quantitative estimate of drug-likeness (QED) is 0.151. The van der Waals surface area contributed by atoms with E-state index in [1.54, 1.807) is 0 Å². The Hall–Kier alpha value is -9.00. The van der Waals surface area contributed by atoms with Crippen molar-refractivity contribution in [3.63, 3.8) is 0 Å². The molecule has 4 aromatic heterocycles. The molecule has 0 saturated carbocycles. The second-order valence-electron chi connectivity index (χ2n) is 17.4. The van der Waals surface area contributed by atoms with Crippen molar-refractivity contribution in [2.75, 3.05) is 0 Å². The van der Waals surface area contributed by atoms with E-state index in [-0.39, 0.29) is 11.8 Å². The zero-order chi connectivity index (χ0) is 45.0. The molecule has 11 aromatic rings. The topological polar surface area (TPSA) is 77.3 Å². The van der Waals surface area contributed by atoms with Crippen molar-refractivity contribution < 1.29 is 0 Å². The van der Waals surface area contributed by atoms with Crippen LogP contribution < -0.4 is 0 Å². The van der Waals surface area contributed by atoms with Crippen LogP contribution in [-0.4, -0.2) is 29.9 Å².